The topological polar surface area (TPSA) is 151 Å². The molecular formula is C38H77N2O7P. The minimum absolute atomic E-state index is 0.0594. The average molecular weight is 705 g/mol. The summed E-state index contributed by atoms with van der Waals surface area (Å²) in [5.41, 5.74) is 5.34. The summed E-state index contributed by atoms with van der Waals surface area (Å²) in [5.74, 6) is -0.420. The standard InChI is InChI=1S/C38H77N2O7P/c1-3-5-7-9-11-13-14-15-16-17-18-19-20-21-22-23-25-27-29-35(41)33-38(43)40-36(34-47-48(44,45)46-32-31-39)37(42)30-28-26-24-12-10-8-6-4-2/h18-19,35-37,41-42H,3-17,20-34,39H2,1-2H3,(H,40,43)(H,44,45)/b19-18-. The van der Waals surface area contributed by atoms with Crippen molar-refractivity contribution in [2.75, 3.05) is 19.8 Å². The van der Waals surface area contributed by atoms with E-state index in [1.165, 1.54) is 109 Å². The molecule has 4 atom stereocenters. The van der Waals surface area contributed by atoms with Crippen LogP contribution in [-0.4, -0.2) is 59.0 Å². The molecule has 10 heteroatoms. The van der Waals surface area contributed by atoms with Crippen LogP contribution in [0.2, 0.25) is 0 Å². The van der Waals surface area contributed by atoms with Crippen molar-refractivity contribution in [1.29, 1.82) is 0 Å². The molecule has 0 bridgehead atoms. The van der Waals surface area contributed by atoms with Crippen molar-refractivity contribution in [3.05, 3.63) is 12.2 Å². The molecule has 0 fully saturated rings. The van der Waals surface area contributed by atoms with E-state index in [0.717, 1.165) is 44.9 Å². The second-order valence-corrected chi connectivity index (χ2v) is 15.1. The molecule has 1 amide bonds. The summed E-state index contributed by atoms with van der Waals surface area (Å²) < 4.78 is 22.0. The van der Waals surface area contributed by atoms with Crippen LogP contribution in [0.15, 0.2) is 12.2 Å². The number of nitrogens with one attached hydrogen (secondary N) is 1. The maximum Gasteiger partial charge on any atom is 0.472 e. The number of phosphoric acid groups is 1. The first-order chi connectivity index (χ1) is 23.3. The van der Waals surface area contributed by atoms with E-state index in [-0.39, 0.29) is 26.2 Å². The Morgan fingerprint density at radius 2 is 1.12 bits per heavy atom. The molecule has 0 heterocycles. The Balaban J connectivity index is 4.20. The van der Waals surface area contributed by atoms with Gasteiger partial charge >= 0.3 is 7.82 Å². The first kappa shape index (κ1) is 47.2. The van der Waals surface area contributed by atoms with Crippen LogP contribution in [0.1, 0.15) is 187 Å². The maximum absolute atomic E-state index is 12.7. The summed E-state index contributed by atoms with van der Waals surface area (Å²) in [6.45, 7) is 3.99. The Labute approximate surface area is 295 Å². The molecule has 0 aromatic carbocycles. The van der Waals surface area contributed by atoms with E-state index in [2.05, 4.69) is 31.3 Å². The van der Waals surface area contributed by atoms with Crippen molar-refractivity contribution >= 4 is 13.7 Å². The van der Waals surface area contributed by atoms with Crippen LogP contribution in [0, 0.1) is 0 Å². The summed E-state index contributed by atoms with van der Waals surface area (Å²) in [4.78, 5) is 22.6. The molecule has 6 N–H and O–H groups in total. The molecule has 9 nitrogen and oxygen atoms in total. The quantitative estimate of drug-likeness (QED) is 0.0244. The largest absolute Gasteiger partial charge is 0.472 e. The number of carbonyl (C=O) groups excluding carboxylic acids is 1. The van der Waals surface area contributed by atoms with Crippen LogP contribution in [0.25, 0.3) is 0 Å². The lowest BCUT2D eigenvalue weighted by Crippen LogP contribution is -2.47. The molecule has 0 radical (unpaired) electrons. The Kier molecular flexibility index (Phi) is 34.1. The summed E-state index contributed by atoms with van der Waals surface area (Å²) in [6, 6.07) is -0.893. The fourth-order valence-electron chi connectivity index (χ4n) is 5.88. The molecule has 48 heavy (non-hydrogen) atoms. The van der Waals surface area contributed by atoms with Crippen LogP contribution < -0.4 is 11.1 Å². The molecule has 0 aliphatic heterocycles. The number of allylic oxidation sites excluding steroid dienone is 2. The third kappa shape index (κ3) is 32.4. The number of carbonyl (C=O) groups is 1. The summed E-state index contributed by atoms with van der Waals surface area (Å²) >= 11 is 0. The molecule has 0 rings (SSSR count). The monoisotopic (exact) mass is 705 g/mol. The fraction of sp³-hybridized carbons (Fsp3) is 0.921. The summed E-state index contributed by atoms with van der Waals surface area (Å²) in [7, 11) is -4.36. The van der Waals surface area contributed by atoms with Gasteiger partial charge in [0.15, 0.2) is 0 Å². The number of hydrogen-bond donors (Lipinski definition) is 5. The van der Waals surface area contributed by atoms with E-state index in [0.29, 0.717) is 12.8 Å². The van der Waals surface area contributed by atoms with Gasteiger partial charge in [-0.1, -0.05) is 154 Å². The second-order valence-electron chi connectivity index (χ2n) is 13.7. The van der Waals surface area contributed by atoms with Gasteiger partial charge in [0, 0.05) is 6.54 Å². The summed E-state index contributed by atoms with van der Waals surface area (Å²) in [6.07, 6.45) is 32.7. The van der Waals surface area contributed by atoms with Crippen LogP contribution in [0.5, 0.6) is 0 Å². The average Bonchev–Trinajstić information content (AvgIpc) is 3.06. The highest BCUT2D eigenvalue weighted by molar-refractivity contribution is 7.47. The third-order valence-corrected chi connectivity index (χ3v) is 9.91. The number of unbranched alkanes of at least 4 members (excludes halogenated alkanes) is 21. The number of aliphatic hydroxyl groups excluding tert-OH is 2. The van der Waals surface area contributed by atoms with Gasteiger partial charge in [0.1, 0.15) is 0 Å². The highest BCUT2D eigenvalue weighted by Gasteiger charge is 2.28. The molecule has 4 unspecified atom stereocenters. The number of amides is 1. The van der Waals surface area contributed by atoms with Gasteiger partial charge in [-0.25, -0.2) is 4.57 Å². The van der Waals surface area contributed by atoms with Crippen molar-refractivity contribution in [3.63, 3.8) is 0 Å². The molecule has 0 saturated heterocycles. The number of aliphatic hydroxyl groups is 2. The molecule has 0 aromatic rings. The number of phosphoric ester groups is 1. The summed E-state index contributed by atoms with van der Waals surface area (Å²) in [5, 5.41) is 24.0. The van der Waals surface area contributed by atoms with Gasteiger partial charge in [-0.2, -0.15) is 0 Å². The van der Waals surface area contributed by atoms with Crippen molar-refractivity contribution in [3.8, 4) is 0 Å². The third-order valence-electron chi connectivity index (χ3n) is 8.92. The SMILES string of the molecule is CCCCCCCCCCC/C=C\CCCCCCCC(O)CC(=O)NC(COP(=O)(O)OCCN)C(O)CCCCCCCCCC. The Morgan fingerprint density at radius 3 is 1.60 bits per heavy atom. The minimum Gasteiger partial charge on any atom is -0.393 e. The van der Waals surface area contributed by atoms with Crippen LogP contribution in [0.4, 0.5) is 0 Å². The highest BCUT2D eigenvalue weighted by atomic mass is 31.2. The molecule has 286 valence electrons. The number of hydrogen-bond acceptors (Lipinski definition) is 7. The fourth-order valence-corrected chi connectivity index (χ4v) is 6.64. The van der Waals surface area contributed by atoms with Crippen molar-refractivity contribution in [2.45, 2.75) is 205 Å². The zero-order chi connectivity index (χ0) is 35.6. The minimum atomic E-state index is -4.36. The molecule has 0 aliphatic carbocycles. The lowest BCUT2D eigenvalue weighted by atomic mass is 10.0. The second kappa shape index (κ2) is 34.6. The van der Waals surface area contributed by atoms with Gasteiger partial charge in [0.05, 0.1) is 37.9 Å². The van der Waals surface area contributed by atoms with E-state index in [1.54, 1.807) is 0 Å². The first-order valence-electron chi connectivity index (χ1n) is 19.9. The van der Waals surface area contributed by atoms with E-state index in [1.807, 2.05) is 0 Å². The number of rotatable bonds is 37. The van der Waals surface area contributed by atoms with E-state index in [4.69, 9.17) is 14.8 Å². The highest BCUT2D eigenvalue weighted by Crippen LogP contribution is 2.43. The number of nitrogens with two attached hydrogens (primary N) is 1. The van der Waals surface area contributed by atoms with Crippen LogP contribution in [0.3, 0.4) is 0 Å². The van der Waals surface area contributed by atoms with Gasteiger partial charge in [-0.15, -0.1) is 0 Å². The zero-order valence-electron chi connectivity index (χ0n) is 31.1. The predicted octanol–water partition coefficient (Wildman–Crippen LogP) is 9.41. The zero-order valence-corrected chi connectivity index (χ0v) is 32.0. The molecule has 0 aliphatic rings. The smallest absolute Gasteiger partial charge is 0.393 e. The van der Waals surface area contributed by atoms with Crippen molar-refractivity contribution in [2.24, 2.45) is 5.73 Å². The lowest BCUT2D eigenvalue weighted by Gasteiger charge is -2.25. The van der Waals surface area contributed by atoms with Crippen LogP contribution >= 0.6 is 7.82 Å². The molecular weight excluding hydrogens is 627 g/mol. The van der Waals surface area contributed by atoms with E-state index in [9.17, 15) is 24.5 Å². The van der Waals surface area contributed by atoms with Crippen molar-refractivity contribution in [1.82, 2.24) is 5.32 Å². The Bertz CT molecular complexity index is 786. The van der Waals surface area contributed by atoms with Gasteiger partial charge in [0.2, 0.25) is 5.91 Å². The Morgan fingerprint density at radius 1 is 0.688 bits per heavy atom. The van der Waals surface area contributed by atoms with Crippen molar-refractivity contribution < 1.29 is 33.5 Å². The van der Waals surface area contributed by atoms with Gasteiger partial charge in [-0.3, -0.25) is 13.8 Å². The maximum atomic E-state index is 12.7. The molecule has 0 saturated carbocycles. The Hall–Kier alpha value is -0.800. The van der Waals surface area contributed by atoms with E-state index >= 15 is 0 Å². The molecule has 0 spiro atoms. The van der Waals surface area contributed by atoms with Gasteiger partial charge in [0.25, 0.3) is 0 Å². The predicted molar refractivity (Wildman–Crippen MR) is 200 cm³/mol. The van der Waals surface area contributed by atoms with E-state index < -0.39 is 32.0 Å². The van der Waals surface area contributed by atoms with Crippen LogP contribution in [-0.2, 0) is 18.4 Å². The van der Waals surface area contributed by atoms with Gasteiger partial charge < -0.3 is 26.2 Å². The first-order valence-corrected chi connectivity index (χ1v) is 21.4. The molecule has 0 aromatic heterocycles. The normalized spacial score (nSPS) is 15.0. The lowest BCUT2D eigenvalue weighted by molar-refractivity contribution is -0.125. The van der Waals surface area contributed by atoms with Gasteiger partial charge in [-0.05, 0) is 38.5 Å².